The van der Waals surface area contributed by atoms with Crippen molar-refractivity contribution in [2.45, 2.75) is 53.4 Å². The van der Waals surface area contributed by atoms with E-state index in [1.165, 1.54) is 66.1 Å². The minimum Gasteiger partial charge on any atom is -0.310 e. The molecule has 9 aromatic carbocycles. The van der Waals surface area contributed by atoms with E-state index in [4.69, 9.17) is 0 Å². The van der Waals surface area contributed by atoms with Crippen LogP contribution in [0.1, 0.15) is 61.8 Å². The standard InChI is InChI=1S/C58H52N2/c1-39(2)43-15-25-51(26-16-43)59(55-33-19-45-11-7-9-13-49(45)37-55)53-29-21-47(22-30-53)57-35-42(6)58(36-41(57)5)48-23-31-54(32-24-48)60(52-27-17-44(18-28-52)40(3)4)56-34-20-46-12-8-10-14-50(46)38-56/h7-40H,1-6H3. The number of aryl methyl sites for hydroxylation is 2. The van der Waals surface area contributed by atoms with Crippen LogP contribution in [0.4, 0.5) is 34.1 Å². The Kier molecular flexibility index (Phi) is 10.5. The van der Waals surface area contributed by atoms with Gasteiger partial charge >= 0.3 is 0 Å². The summed E-state index contributed by atoms with van der Waals surface area (Å²) in [5.74, 6) is 0.962. The average Bonchev–Trinajstić information content (AvgIpc) is 3.28. The summed E-state index contributed by atoms with van der Waals surface area (Å²) >= 11 is 0. The van der Waals surface area contributed by atoms with E-state index in [0.717, 1.165) is 34.1 Å². The second-order valence-corrected chi connectivity index (χ2v) is 16.8. The highest BCUT2D eigenvalue weighted by Crippen LogP contribution is 2.41. The van der Waals surface area contributed by atoms with Gasteiger partial charge in [0.2, 0.25) is 0 Å². The van der Waals surface area contributed by atoms with Crippen molar-refractivity contribution < 1.29 is 0 Å². The van der Waals surface area contributed by atoms with E-state index in [1.807, 2.05) is 0 Å². The summed E-state index contributed by atoms with van der Waals surface area (Å²) in [4.78, 5) is 4.74. The highest BCUT2D eigenvalue weighted by Gasteiger charge is 2.17. The Balaban J connectivity index is 1.02. The summed E-state index contributed by atoms with van der Waals surface area (Å²) in [6, 6.07) is 71.6. The molecule has 0 atom stereocenters. The second-order valence-electron chi connectivity index (χ2n) is 16.8. The minimum absolute atomic E-state index is 0.481. The lowest BCUT2D eigenvalue weighted by molar-refractivity contribution is 0.866. The molecular formula is C58H52N2. The van der Waals surface area contributed by atoms with Crippen LogP contribution < -0.4 is 9.80 Å². The van der Waals surface area contributed by atoms with Crippen molar-refractivity contribution in [3.05, 3.63) is 216 Å². The first-order chi connectivity index (χ1) is 29.2. The van der Waals surface area contributed by atoms with E-state index >= 15 is 0 Å². The van der Waals surface area contributed by atoms with Gasteiger partial charge in [-0.3, -0.25) is 0 Å². The second kappa shape index (κ2) is 16.4. The van der Waals surface area contributed by atoms with Crippen molar-refractivity contribution in [3.8, 4) is 22.3 Å². The van der Waals surface area contributed by atoms with E-state index in [1.54, 1.807) is 0 Å². The number of rotatable bonds is 10. The van der Waals surface area contributed by atoms with Crippen LogP contribution in [0.25, 0.3) is 43.8 Å². The van der Waals surface area contributed by atoms with Crippen LogP contribution in [0.5, 0.6) is 0 Å². The van der Waals surface area contributed by atoms with Crippen molar-refractivity contribution >= 4 is 55.7 Å². The number of fused-ring (bicyclic) bond motifs is 2. The third-order valence-electron chi connectivity index (χ3n) is 12.1. The Morgan fingerprint density at radius 2 is 0.600 bits per heavy atom. The fourth-order valence-electron chi connectivity index (χ4n) is 8.56. The monoisotopic (exact) mass is 776 g/mol. The van der Waals surface area contributed by atoms with Gasteiger partial charge in [0, 0.05) is 34.1 Å². The average molecular weight is 777 g/mol. The molecule has 0 radical (unpaired) electrons. The van der Waals surface area contributed by atoms with E-state index in [2.05, 4.69) is 245 Å². The molecule has 0 unspecified atom stereocenters. The van der Waals surface area contributed by atoms with E-state index in [-0.39, 0.29) is 0 Å². The lowest BCUT2D eigenvalue weighted by Crippen LogP contribution is -2.10. The molecule has 0 aliphatic carbocycles. The first-order valence-electron chi connectivity index (χ1n) is 21.3. The molecule has 9 rings (SSSR count). The Morgan fingerprint density at radius 3 is 0.933 bits per heavy atom. The van der Waals surface area contributed by atoms with Gasteiger partial charge in [-0.05, 0) is 165 Å². The van der Waals surface area contributed by atoms with Crippen LogP contribution in [0.15, 0.2) is 194 Å². The number of nitrogens with zero attached hydrogens (tertiary/aromatic N) is 2. The van der Waals surface area contributed by atoms with Gasteiger partial charge in [-0.15, -0.1) is 0 Å². The molecule has 0 spiro atoms. The number of benzene rings is 9. The Morgan fingerprint density at radius 1 is 0.300 bits per heavy atom. The normalized spacial score (nSPS) is 11.5. The summed E-state index contributed by atoms with van der Waals surface area (Å²) in [5, 5.41) is 4.95. The van der Waals surface area contributed by atoms with Gasteiger partial charge in [-0.1, -0.05) is 149 Å². The zero-order valence-corrected chi connectivity index (χ0v) is 35.5. The molecular weight excluding hydrogens is 725 g/mol. The van der Waals surface area contributed by atoms with E-state index in [0.29, 0.717) is 11.8 Å². The first-order valence-corrected chi connectivity index (χ1v) is 21.3. The van der Waals surface area contributed by atoms with Gasteiger partial charge in [-0.25, -0.2) is 0 Å². The predicted molar refractivity (Wildman–Crippen MR) is 259 cm³/mol. The number of hydrogen-bond acceptors (Lipinski definition) is 2. The van der Waals surface area contributed by atoms with Gasteiger partial charge in [0.1, 0.15) is 0 Å². The molecule has 0 saturated carbocycles. The molecule has 0 amide bonds. The zero-order chi connectivity index (χ0) is 41.3. The molecule has 0 N–H and O–H groups in total. The van der Waals surface area contributed by atoms with Crippen molar-refractivity contribution in [2.24, 2.45) is 0 Å². The summed E-state index contributed by atoms with van der Waals surface area (Å²) in [6.07, 6.45) is 0. The van der Waals surface area contributed by atoms with Gasteiger partial charge in [0.05, 0.1) is 0 Å². The summed E-state index contributed by atoms with van der Waals surface area (Å²) < 4.78 is 0. The van der Waals surface area contributed by atoms with Crippen molar-refractivity contribution in [3.63, 3.8) is 0 Å². The third kappa shape index (κ3) is 7.70. The quantitative estimate of drug-likeness (QED) is 0.136. The van der Waals surface area contributed by atoms with E-state index < -0.39 is 0 Å². The van der Waals surface area contributed by atoms with Crippen molar-refractivity contribution in [2.75, 3.05) is 9.80 Å². The molecule has 294 valence electrons. The van der Waals surface area contributed by atoms with Gasteiger partial charge < -0.3 is 9.80 Å². The Hall–Kier alpha value is -6.90. The maximum absolute atomic E-state index is 2.37. The van der Waals surface area contributed by atoms with Crippen LogP contribution in [0, 0.1) is 13.8 Å². The lowest BCUT2D eigenvalue weighted by Gasteiger charge is -2.27. The zero-order valence-electron chi connectivity index (χ0n) is 35.5. The molecule has 60 heavy (non-hydrogen) atoms. The van der Waals surface area contributed by atoms with Crippen LogP contribution in [-0.2, 0) is 0 Å². The minimum atomic E-state index is 0.481. The summed E-state index contributed by atoms with van der Waals surface area (Å²) in [6.45, 7) is 13.5. The fraction of sp³-hybridized carbons (Fsp3) is 0.138. The van der Waals surface area contributed by atoms with Crippen molar-refractivity contribution in [1.82, 2.24) is 0 Å². The fourth-order valence-corrected chi connectivity index (χ4v) is 8.56. The van der Waals surface area contributed by atoms with Gasteiger partial charge in [0.15, 0.2) is 0 Å². The van der Waals surface area contributed by atoms with Crippen LogP contribution in [0.3, 0.4) is 0 Å². The SMILES string of the molecule is Cc1cc(-c2ccc(N(c3ccc(C(C)C)cc3)c3ccc4ccccc4c3)cc2)c(C)cc1-c1ccc(N(c2ccc(C(C)C)cc2)c2ccc3ccccc3c2)cc1. The van der Waals surface area contributed by atoms with Crippen LogP contribution >= 0.6 is 0 Å². The molecule has 0 bridgehead atoms. The first kappa shape index (κ1) is 38.6. The van der Waals surface area contributed by atoms with Gasteiger partial charge in [-0.2, -0.15) is 0 Å². The topological polar surface area (TPSA) is 6.48 Å². The predicted octanol–water partition coefficient (Wildman–Crippen LogP) is 17.1. The summed E-state index contributed by atoms with van der Waals surface area (Å²) in [5.41, 5.74) is 17.0. The van der Waals surface area contributed by atoms with Crippen LogP contribution in [0.2, 0.25) is 0 Å². The largest absolute Gasteiger partial charge is 0.310 e. The Labute approximate surface area is 356 Å². The third-order valence-corrected chi connectivity index (χ3v) is 12.1. The lowest BCUT2D eigenvalue weighted by atomic mass is 9.91. The molecule has 0 aliphatic heterocycles. The van der Waals surface area contributed by atoms with Gasteiger partial charge in [0.25, 0.3) is 0 Å². The maximum Gasteiger partial charge on any atom is 0.0468 e. The summed E-state index contributed by atoms with van der Waals surface area (Å²) in [7, 11) is 0. The molecule has 0 saturated heterocycles. The molecule has 0 fully saturated rings. The molecule has 2 heteroatoms. The van der Waals surface area contributed by atoms with Crippen molar-refractivity contribution in [1.29, 1.82) is 0 Å². The molecule has 0 heterocycles. The molecule has 0 aliphatic rings. The smallest absolute Gasteiger partial charge is 0.0468 e. The molecule has 9 aromatic rings. The Bertz CT molecular complexity index is 2720. The number of anilines is 6. The maximum atomic E-state index is 2.37. The molecule has 2 nitrogen and oxygen atoms in total. The highest BCUT2D eigenvalue weighted by atomic mass is 15.1. The molecule has 0 aromatic heterocycles. The number of hydrogen-bond donors (Lipinski definition) is 0. The highest BCUT2D eigenvalue weighted by molar-refractivity contribution is 5.91. The van der Waals surface area contributed by atoms with E-state index in [9.17, 15) is 0 Å². The van der Waals surface area contributed by atoms with Crippen LogP contribution in [-0.4, -0.2) is 0 Å².